The number of nitrogens with two attached hydrogens (primary N) is 2. The molecule has 0 unspecified atom stereocenters. The topological polar surface area (TPSA) is 269 Å². The zero-order valence-electron chi connectivity index (χ0n) is 22.7. The van der Waals surface area contributed by atoms with E-state index in [1.54, 1.807) is 30.3 Å². The zero-order valence-corrected chi connectivity index (χ0v) is 23.6. The van der Waals surface area contributed by atoms with Crippen LogP contribution in [0.5, 0.6) is 0 Å². The first-order chi connectivity index (χ1) is 19.8. The van der Waals surface area contributed by atoms with E-state index in [1.807, 2.05) is 0 Å². The van der Waals surface area contributed by atoms with Crippen molar-refractivity contribution >= 4 is 60.3 Å². The number of carbonyl (C=O) groups excluding carboxylic acids is 7. The number of hydrogen-bond donors (Lipinski definition) is 9. The minimum atomic E-state index is -1.67. The highest BCUT2D eigenvalue weighted by Gasteiger charge is 2.31. The third-order valence-corrected chi connectivity index (χ3v) is 5.96. The quantitative estimate of drug-likeness (QED) is 0.0577. The molecule has 230 valence electrons. The van der Waals surface area contributed by atoms with Gasteiger partial charge >= 0.3 is 5.97 Å². The number of amides is 6. The molecule has 0 spiro atoms. The molecule has 0 aliphatic carbocycles. The summed E-state index contributed by atoms with van der Waals surface area (Å²) in [6, 6.07) is 1.93. The Balaban J connectivity index is 3.00. The van der Waals surface area contributed by atoms with Crippen LogP contribution in [-0.4, -0.2) is 95.3 Å². The van der Waals surface area contributed by atoms with E-state index in [9.17, 15) is 43.5 Å². The van der Waals surface area contributed by atoms with Crippen molar-refractivity contribution in [2.75, 3.05) is 12.3 Å². The van der Waals surface area contributed by atoms with Crippen molar-refractivity contribution in [2.45, 2.75) is 56.4 Å². The Morgan fingerprint density at radius 3 is 2.02 bits per heavy atom. The van der Waals surface area contributed by atoms with Gasteiger partial charge in [0.2, 0.25) is 35.4 Å². The van der Waals surface area contributed by atoms with Crippen LogP contribution in [0.3, 0.4) is 0 Å². The van der Waals surface area contributed by atoms with Gasteiger partial charge in [-0.3, -0.25) is 33.6 Å². The molecule has 0 fully saturated rings. The number of thiol groups is 1. The average molecular weight is 610 g/mol. The third-order valence-electron chi connectivity index (χ3n) is 5.57. The second-order valence-corrected chi connectivity index (χ2v) is 9.49. The van der Waals surface area contributed by atoms with Gasteiger partial charge in [0.15, 0.2) is 0 Å². The Morgan fingerprint density at radius 2 is 1.48 bits per heavy atom. The predicted octanol–water partition coefficient (Wildman–Crippen LogP) is -3.89. The maximum absolute atomic E-state index is 13.1. The number of carbonyl (C=O) groups is 8. The fourth-order valence-corrected chi connectivity index (χ4v) is 3.56. The number of rotatable bonds is 18. The van der Waals surface area contributed by atoms with Crippen molar-refractivity contribution in [2.24, 2.45) is 11.5 Å². The molecule has 0 saturated carbocycles. The minimum absolute atomic E-state index is 0.0569. The van der Waals surface area contributed by atoms with Gasteiger partial charge in [0.05, 0.1) is 31.5 Å². The van der Waals surface area contributed by atoms with Gasteiger partial charge < -0.3 is 48.0 Å². The van der Waals surface area contributed by atoms with E-state index in [0.29, 0.717) is 11.8 Å². The molecular formula is C25H35N7O9S. The van der Waals surface area contributed by atoms with Gasteiger partial charge in [-0.15, -0.1) is 0 Å². The summed E-state index contributed by atoms with van der Waals surface area (Å²) in [5.41, 5.74) is 11.2. The molecule has 1 rings (SSSR count). The van der Waals surface area contributed by atoms with Crippen molar-refractivity contribution in [1.29, 1.82) is 0 Å². The second kappa shape index (κ2) is 18.0. The summed E-state index contributed by atoms with van der Waals surface area (Å²) in [6.07, 6.45) is -1.03. The largest absolute Gasteiger partial charge is 0.481 e. The molecule has 0 saturated heterocycles. The number of aliphatic carboxylic acids is 1. The standard InChI is InChI=1S/C25H35N7O9S/c1-13(22(38)28-10-20(35)30-15(11-33)12-42)29-24(40)17(7-14-5-3-2-4-6-14)32-25(41)18(9-21(36)37)31-23(39)16(26)8-19(27)34/h2-6,11,13,15-18,42H,7-10,12,26H2,1H3,(H2,27,34)(H,28,38)(H,29,40)(H,30,35)(H,31,39)(H,32,41)(H,36,37)/t13-,15+,16-,17-,18-/m0/s1. The lowest BCUT2D eigenvalue weighted by Crippen LogP contribution is -2.58. The maximum Gasteiger partial charge on any atom is 0.305 e. The van der Waals surface area contributed by atoms with Crippen molar-refractivity contribution in [1.82, 2.24) is 26.6 Å². The molecule has 0 aromatic heterocycles. The average Bonchev–Trinajstić information content (AvgIpc) is 2.93. The lowest BCUT2D eigenvalue weighted by Gasteiger charge is -2.24. The van der Waals surface area contributed by atoms with Crippen LogP contribution in [0.25, 0.3) is 0 Å². The number of carboxylic acid groups (broad SMARTS) is 1. The van der Waals surface area contributed by atoms with E-state index in [-0.39, 0.29) is 12.2 Å². The molecule has 0 radical (unpaired) electrons. The Labute approximate surface area is 246 Å². The van der Waals surface area contributed by atoms with Gasteiger partial charge in [0.25, 0.3) is 0 Å². The summed E-state index contributed by atoms with van der Waals surface area (Å²) in [4.78, 5) is 96.1. The summed E-state index contributed by atoms with van der Waals surface area (Å²) < 4.78 is 0. The number of hydrogen-bond acceptors (Lipinski definition) is 10. The number of benzene rings is 1. The summed E-state index contributed by atoms with van der Waals surface area (Å²) in [7, 11) is 0. The normalized spacial score (nSPS) is 14.1. The molecule has 10 N–H and O–H groups in total. The molecule has 16 nitrogen and oxygen atoms in total. The van der Waals surface area contributed by atoms with Crippen LogP contribution in [-0.2, 0) is 44.8 Å². The van der Waals surface area contributed by atoms with E-state index in [4.69, 9.17) is 11.5 Å². The van der Waals surface area contributed by atoms with Gasteiger partial charge in [-0.05, 0) is 12.5 Å². The first kappa shape index (κ1) is 35.5. The minimum Gasteiger partial charge on any atom is -0.481 e. The predicted molar refractivity (Wildman–Crippen MR) is 151 cm³/mol. The van der Waals surface area contributed by atoms with Crippen LogP contribution in [0.1, 0.15) is 25.3 Å². The van der Waals surface area contributed by atoms with Crippen LogP contribution < -0.4 is 38.1 Å². The lowest BCUT2D eigenvalue weighted by molar-refractivity contribution is -0.141. The smallest absolute Gasteiger partial charge is 0.305 e. The molecule has 1 aromatic carbocycles. The number of carboxylic acids is 1. The molecule has 42 heavy (non-hydrogen) atoms. The molecule has 6 amide bonds. The summed E-state index contributed by atoms with van der Waals surface area (Å²) in [5.74, 6) is -6.59. The monoisotopic (exact) mass is 609 g/mol. The van der Waals surface area contributed by atoms with Crippen LogP contribution in [0.15, 0.2) is 30.3 Å². The highest BCUT2D eigenvalue weighted by atomic mass is 32.1. The van der Waals surface area contributed by atoms with E-state index in [2.05, 4.69) is 39.2 Å². The summed E-state index contributed by atoms with van der Waals surface area (Å²) in [6.45, 7) is 0.831. The first-order valence-electron chi connectivity index (χ1n) is 12.6. The molecule has 0 bridgehead atoms. The number of primary amides is 1. The van der Waals surface area contributed by atoms with Crippen molar-refractivity contribution in [3.8, 4) is 0 Å². The molecular weight excluding hydrogens is 574 g/mol. The lowest BCUT2D eigenvalue weighted by atomic mass is 10.0. The molecule has 0 heterocycles. The second-order valence-electron chi connectivity index (χ2n) is 9.13. The Hall–Kier alpha value is -4.51. The van der Waals surface area contributed by atoms with Gasteiger partial charge in [-0.25, -0.2) is 0 Å². The van der Waals surface area contributed by atoms with Gasteiger partial charge in [-0.1, -0.05) is 30.3 Å². The van der Waals surface area contributed by atoms with Crippen molar-refractivity contribution in [3.63, 3.8) is 0 Å². The zero-order chi connectivity index (χ0) is 31.8. The Bertz CT molecular complexity index is 1150. The fourth-order valence-electron chi connectivity index (χ4n) is 3.38. The molecule has 1 aromatic rings. The van der Waals surface area contributed by atoms with E-state index >= 15 is 0 Å². The van der Waals surface area contributed by atoms with Crippen LogP contribution in [0.2, 0.25) is 0 Å². The number of aldehydes is 1. The summed E-state index contributed by atoms with van der Waals surface area (Å²) >= 11 is 3.91. The Morgan fingerprint density at radius 1 is 0.881 bits per heavy atom. The van der Waals surface area contributed by atoms with Gasteiger partial charge in [0.1, 0.15) is 24.4 Å². The molecule has 5 atom stereocenters. The van der Waals surface area contributed by atoms with Gasteiger partial charge in [-0.2, -0.15) is 12.6 Å². The van der Waals surface area contributed by atoms with E-state index in [0.717, 1.165) is 0 Å². The Kier molecular flexibility index (Phi) is 15.2. The SMILES string of the molecule is C[C@H](NC(=O)[C@H](Cc1ccccc1)NC(=O)[C@H](CC(=O)O)NC(=O)[C@@H](N)CC(N)=O)C(=O)NCC(=O)N[C@H](C=O)CS. The molecule has 0 aliphatic rings. The van der Waals surface area contributed by atoms with E-state index in [1.165, 1.54) is 6.92 Å². The van der Waals surface area contributed by atoms with Crippen LogP contribution in [0, 0.1) is 0 Å². The fraction of sp³-hybridized carbons (Fsp3) is 0.440. The van der Waals surface area contributed by atoms with Crippen molar-refractivity contribution < 1.29 is 43.5 Å². The molecule has 0 aliphatic heterocycles. The highest BCUT2D eigenvalue weighted by Crippen LogP contribution is 2.06. The maximum atomic E-state index is 13.1. The highest BCUT2D eigenvalue weighted by molar-refractivity contribution is 7.80. The van der Waals surface area contributed by atoms with Crippen LogP contribution in [0.4, 0.5) is 0 Å². The third kappa shape index (κ3) is 13.2. The van der Waals surface area contributed by atoms with Crippen molar-refractivity contribution in [3.05, 3.63) is 35.9 Å². The van der Waals surface area contributed by atoms with Crippen LogP contribution >= 0.6 is 12.6 Å². The number of nitrogens with one attached hydrogen (secondary N) is 5. The molecule has 17 heteroatoms. The summed E-state index contributed by atoms with van der Waals surface area (Å²) in [5, 5.41) is 20.8. The van der Waals surface area contributed by atoms with Gasteiger partial charge in [0, 0.05) is 12.2 Å². The van der Waals surface area contributed by atoms with E-state index < -0.39 is 91.0 Å². The first-order valence-corrected chi connectivity index (χ1v) is 13.2.